The third-order valence-electron chi connectivity index (χ3n) is 4.67. The van der Waals surface area contributed by atoms with Crippen LogP contribution in [0.15, 0.2) is 55.8 Å². The molecule has 0 amide bonds. The molecule has 1 atom stereocenters. The fourth-order valence-corrected chi connectivity index (χ4v) is 2.71. The Morgan fingerprint density at radius 3 is 2.04 bits per heavy atom. The Hall–Kier alpha value is -1.76. The molecule has 0 radical (unpaired) electrons. The van der Waals surface area contributed by atoms with Crippen LogP contribution in [0.4, 0.5) is 0 Å². The van der Waals surface area contributed by atoms with Crippen molar-refractivity contribution in [3.05, 3.63) is 66.9 Å². The van der Waals surface area contributed by atoms with Gasteiger partial charge in [0.25, 0.3) is 0 Å². The zero-order valence-electron chi connectivity index (χ0n) is 19.7. The van der Waals surface area contributed by atoms with Crippen LogP contribution in [0.1, 0.15) is 90.7 Å². The van der Waals surface area contributed by atoms with Crippen LogP contribution in [0.25, 0.3) is 5.57 Å². The zero-order chi connectivity index (χ0) is 21.8. The highest BCUT2D eigenvalue weighted by atomic mass is 14.8. The molecule has 0 heterocycles. The molecule has 0 saturated heterocycles. The molecule has 0 saturated carbocycles. The number of rotatable bonds is 11. The minimum atomic E-state index is 0.558. The molecule has 1 aromatic rings. The quantitative estimate of drug-likeness (QED) is 0.297. The van der Waals surface area contributed by atoms with Crippen molar-refractivity contribution in [2.24, 2.45) is 5.92 Å². The van der Waals surface area contributed by atoms with Crippen molar-refractivity contribution in [2.75, 3.05) is 7.05 Å². The minimum Gasteiger partial charge on any atom is -0.392 e. The van der Waals surface area contributed by atoms with Crippen LogP contribution < -0.4 is 5.32 Å². The molecule has 1 N–H and O–H groups in total. The fourth-order valence-electron chi connectivity index (χ4n) is 2.71. The number of hydrogen-bond donors (Lipinski definition) is 1. The lowest BCUT2D eigenvalue weighted by atomic mass is 9.99. The van der Waals surface area contributed by atoms with Gasteiger partial charge in [0, 0.05) is 12.7 Å². The first-order chi connectivity index (χ1) is 13.4. The van der Waals surface area contributed by atoms with E-state index in [0.29, 0.717) is 5.92 Å². The molecule has 1 aromatic carbocycles. The van der Waals surface area contributed by atoms with Crippen LogP contribution in [0.2, 0.25) is 0 Å². The van der Waals surface area contributed by atoms with Crippen LogP contribution in [-0.4, -0.2) is 7.05 Å². The van der Waals surface area contributed by atoms with E-state index in [0.717, 1.165) is 25.0 Å². The molecule has 1 rings (SSSR count). The van der Waals surface area contributed by atoms with E-state index in [1.165, 1.54) is 48.8 Å². The first kappa shape index (κ1) is 28.4. The number of aryl methyl sites for hydroxylation is 1. The lowest BCUT2D eigenvalue weighted by Gasteiger charge is -2.12. The van der Waals surface area contributed by atoms with Crippen molar-refractivity contribution in [3.8, 4) is 0 Å². The normalized spacial score (nSPS) is 10.5. The molecular formula is C27H47N. The number of allylic oxidation sites excluding steroid dienone is 3. The number of unbranched alkanes of at least 4 members (excludes halogenated alkanes) is 3. The average molecular weight is 386 g/mol. The highest BCUT2D eigenvalue weighted by Gasteiger charge is 2.02. The predicted molar refractivity (Wildman–Crippen MR) is 132 cm³/mol. The summed E-state index contributed by atoms with van der Waals surface area (Å²) in [5, 5.41) is 3.04. The summed E-state index contributed by atoms with van der Waals surface area (Å²) in [5.41, 5.74) is 5.02. The summed E-state index contributed by atoms with van der Waals surface area (Å²) in [6.07, 6.45) is 12.0. The van der Waals surface area contributed by atoms with Crippen LogP contribution in [0.5, 0.6) is 0 Å². The van der Waals surface area contributed by atoms with Gasteiger partial charge in [-0.3, -0.25) is 0 Å². The Kier molecular flexibility index (Phi) is 20.3. The Balaban J connectivity index is 0. The highest BCUT2D eigenvalue weighted by Crippen LogP contribution is 2.18. The van der Waals surface area contributed by atoms with Crippen LogP contribution in [0.3, 0.4) is 0 Å². The average Bonchev–Trinajstić information content (AvgIpc) is 2.71. The number of hydrogen-bond acceptors (Lipinski definition) is 1. The molecule has 0 bridgehead atoms. The fraction of sp³-hybridized carbons (Fsp3) is 0.556. The second-order valence-corrected chi connectivity index (χ2v) is 7.44. The van der Waals surface area contributed by atoms with Gasteiger partial charge in [-0.15, -0.1) is 6.58 Å². The van der Waals surface area contributed by atoms with Crippen molar-refractivity contribution in [3.63, 3.8) is 0 Å². The van der Waals surface area contributed by atoms with Crippen molar-refractivity contribution in [2.45, 2.75) is 86.0 Å². The van der Waals surface area contributed by atoms with Gasteiger partial charge in [-0.2, -0.15) is 0 Å². The van der Waals surface area contributed by atoms with E-state index in [4.69, 9.17) is 0 Å². The molecule has 0 aliphatic carbocycles. The zero-order valence-corrected chi connectivity index (χ0v) is 19.7. The van der Waals surface area contributed by atoms with E-state index in [2.05, 4.69) is 83.9 Å². The molecule has 0 aromatic heterocycles. The second-order valence-electron chi connectivity index (χ2n) is 7.44. The largest absolute Gasteiger partial charge is 0.392 e. The molecule has 1 heteroatoms. The number of nitrogens with one attached hydrogen (secondary N) is 1. The Labute approximate surface area is 177 Å². The van der Waals surface area contributed by atoms with E-state index in [-0.39, 0.29) is 0 Å². The van der Waals surface area contributed by atoms with Gasteiger partial charge in [-0.1, -0.05) is 109 Å². The monoisotopic (exact) mass is 385 g/mol. The Bertz CT molecular complexity index is 523. The standard InChI is InChI=1S/C12H16.C9H17N.C6H14/c1-4-7-11-8-5-6-9-12(11)10(2)3;1-5-6-7-8(2)9(3)10-4;1-3-5-6-4-2/h5-6,8-9H,2,4,7H2,1,3H3;5,8,10H,1,3,6-7H2,2,4H3;3-6H2,1-2H3. The molecule has 1 nitrogen and oxygen atoms in total. The predicted octanol–water partition coefficient (Wildman–Crippen LogP) is 8.58. The van der Waals surface area contributed by atoms with E-state index >= 15 is 0 Å². The summed E-state index contributed by atoms with van der Waals surface area (Å²) in [6.45, 7) is 22.4. The van der Waals surface area contributed by atoms with E-state index in [1.54, 1.807) is 0 Å². The summed E-state index contributed by atoms with van der Waals surface area (Å²) in [4.78, 5) is 0. The lowest BCUT2D eigenvalue weighted by molar-refractivity contribution is 0.589. The molecular weight excluding hydrogens is 338 g/mol. The lowest BCUT2D eigenvalue weighted by Crippen LogP contribution is -2.12. The first-order valence-electron chi connectivity index (χ1n) is 11.1. The van der Waals surface area contributed by atoms with E-state index in [1.807, 2.05) is 13.1 Å². The topological polar surface area (TPSA) is 12.0 Å². The Morgan fingerprint density at radius 1 is 1.04 bits per heavy atom. The van der Waals surface area contributed by atoms with Crippen LogP contribution in [0, 0.1) is 5.92 Å². The van der Waals surface area contributed by atoms with Gasteiger partial charge in [0.1, 0.15) is 0 Å². The van der Waals surface area contributed by atoms with Crippen LogP contribution >= 0.6 is 0 Å². The third kappa shape index (κ3) is 15.3. The van der Waals surface area contributed by atoms with Crippen molar-refractivity contribution in [1.82, 2.24) is 5.32 Å². The SMILES string of the molecule is C=C(C)c1ccccc1CCC.C=CCCC(C)C(=C)NC.CCCCCC. The third-order valence-corrected chi connectivity index (χ3v) is 4.67. The van der Waals surface area contributed by atoms with E-state index in [9.17, 15) is 0 Å². The summed E-state index contributed by atoms with van der Waals surface area (Å²) in [7, 11) is 1.91. The van der Waals surface area contributed by atoms with Gasteiger partial charge in [0.15, 0.2) is 0 Å². The molecule has 160 valence electrons. The van der Waals surface area contributed by atoms with Gasteiger partial charge in [-0.25, -0.2) is 0 Å². The molecule has 0 aliphatic rings. The maximum absolute atomic E-state index is 3.97. The maximum Gasteiger partial charge on any atom is 0.00599 e. The first-order valence-corrected chi connectivity index (χ1v) is 11.1. The molecule has 1 unspecified atom stereocenters. The molecule has 0 fully saturated rings. The smallest absolute Gasteiger partial charge is 0.00599 e. The van der Waals surface area contributed by atoms with Gasteiger partial charge in [0.05, 0.1) is 0 Å². The van der Waals surface area contributed by atoms with Gasteiger partial charge in [0.2, 0.25) is 0 Å². The summed E-state index contributed by atoms with van der Waals surface area (Å²) < 4.78 is 0. The van der Waals surface area contributed by atoms with Crippen molar-refractivity contribution < 1.29 is 0 Å². The Morgan fingerprint density at radius 2 is 1.61 bits per heavy atom. The molecule has 0 spiro atoms. The minimum absolute atomic E-state index is 0.558. The highest BCUT2D eigenvalue weighted by molar-refractivity contribution is 5.64. The van der Waals surface area contributed by atoms with Gasteiger partial charge < -0.3 is 5.32 Å². The second kappa shape index (κ2) is 20.0. The van der Waals surface area contributed by atoms with Crippen molar-refractivity contribution >= 4 is 5.57 Å². The molecule has 0 aliphatic heterocycles. The summed E-state index contributed by atoms with van der Waals surface area (Å²) in [6, 6.07) is 8.50. The van der Waals surface area contributed by atoms with Gasteiger partial charge >= 0.3 is 0 Å². The van der Waals surface area contributed by atoms with Crippen LogP contribution in [-0.2, 0) is 6.42 Å². The van der Waals surface area contributed by atoms with Crippen molar-refractivity contribution in [1.29, 1.82) is 0 Å². The maximum atomic E-state index is 3.97. The molecule has 28 heavy (non-hydrogen) atoms. The number of benzene rings is 1. The van der Waals surface area contributed by atoms with E-state index < -0.39 is 0 Å². The summed E-state index contributed by atoms with van der Waals surface area (Å²) >= 11 is 0. The van der Waals surface area contributed by atoms with Gasteiger partial charge in [-0.05, 0) is 43.2 Å². The summed E-state index contributed by atoms with van der Waals surface area (Å²) in [5.74, 6) is 0.558.